The van der Waals surface area contributed by atoms with Crippen LogP contribution in [-0.4, -0.2) is 54.2 Å². The van der Waals surface area contributed by atoms with Crippen molar-refractivity contribution < 1.29 is 18.7 Å². The van der Waals surface area contributed by atoms with Crippen molar-refractivity contribution in [3.05, 3.63) is 0 Å². The minimum absolute atomic E-state index is 0.0116. The van der Waals surface area contributed by atoms with Gasteiger partial charge in [-0.3, -0.25) is 9.59 Å². The molecule has 1 amide bonds. The Balaban J connectivity index is 1.55. The average molecular weight is 351 g/mol. The van der Waals surface area contributed by atoms with Crippen molar-refractivity contribution in [2.75, 3.05) is 19.7 Å². The predicted octanol–water partition coefficient (Wildman–Crippen LogP) is 1.69. The van der Waals surface area contributed by atoms with Crippen molar-refractivity contribution in [1.82, 2.24) is 10.2 Å². The van der Waals surface area contributed by atoms with Gasteiger partial charge in [0.05, 0.1) is 31.2 Å². The summed E-state index contributed by atoms with van der Waals surface area (Å²) in [5.74, 6) is -0.295. The molecule has 4 aliphatic rings. The van der Waals surface area contributed by atoms with Gasteiger partial charge < -0.3 is 15.0 Å². The third-order valence-electron chi connectivity index (χ3n) is 6.29. The second-order valence-electron chi connectivity index (χ2n) is 7.66. The number of esters is 1. The van der Waals surface area contributed by atoms with E-state index in [-0.39, 0.29) is 42.3 Å². The Labute approximate surface area is 147 Å². The van der Waals surface area contributed by atoms with Crippen LogP contribution in [0.15, 0.2) is 0 Å². The second kappa shape index (κ2) is 6.91. The fourth-order valence-electron chi connectivity index (χ4n) is 4.59. The van der Waals surface area contributed by atoms with Gasteiger partial charge in [-0.25, -0.2) is 4.39 Å². The standard InChI is InChI=1S/C18H26FN3O3/c1-2-25-16(24)17-3-6-18(7-4-17,8-5-17)21-11-15(23)22-12-13(19)9-14(22)10-20/h13-14,21H,2-9,11-12H2,1H3/t13-,14-,17?,18?/m0/s1. The quantitative estimate of drug-likeness (QED) is 0.762. The van der Waals surface area contributed by atoms with Gasteiger partial charge in [0.1, 0.15) is 12.2 Å². The van der Waals surface area contributed by atoms with Gasteiger partial charge >= 0.3 is 5.97 Å². The fraction of sp³-hybridized carbons (Fsp3) is 0.833. The van der Waals surface area contributed by atoms with E-state index in [0.29, 0.717) is 6.61 Å². The number of rotatable bonds is 5. The summed E-state index contributed by atoms with van der Waals surface area (Å²) >= 11 is 0. The van der Waals surface area contributed by atoms with E-state index in [9.17, 15) is 14.0 Å². The highest BCUT2D eigenvalue weighted by atomic mass is 19.1. The molecule has 7 heteroatoms. The van der Waals surface area contributed by atoms with Gasteiger partial charge in [-0.1, -0.05) is 0 Å². The molecule has 2 atom stereocenters. The van der Waals surface area contributed by atoms with E-state index in [0.717, 1.165) is 38.5 Å². The van der Waals surface area contributed by atoms with Crippen LogP contribution in [0.25, 0.3) is 0 Å². The highest BCUT2D eigenvalue weighted by molar-refractivity contribution is 5.80. The number of amides is 1. The highest BCUT2D eigenvalue weighted by Gasteiger charge is 2.53. The molecule has 0 aromatic carbocycles. The van der Waals surface area contributed by atoms with Crippen LogP contribution in [0.1, 0.15) is 51.9 Å². The van der Waals surface area contributed by atoms with Gasteiger partial charge in [0.2, 0.25) is 5.91 Å². The summed E-state index contributed by atoms with van der Waals surface area (Å²) in [6.45, 7) is 2.37. The van der Waals surface area contributed by atoms with E-state index in [1.807, 2.05) is 13.0 Å². The van der Waals surface area contributed by atoms with Gasteiger partial charge in [0, 0.05) is 12.0 Å². The van der Waals surface area contributed by atoms with Crippen LogP contribution in [0.3, 0.4) is 0 Å². The van der Waals surface area contributed by atoms with E-state index in [4.69, 9.17) is 10.00 Å². The third-order valence-corrected chi connectivity index (χ3v) is 6.29. The molecule has 1 aliphatic heterocycles. The number of hydrogen-bond donors (Lipinski definition) is 1. The molecule has 0 radical (unpaired) electrons. The second-order valence-corrected chi connectivity index (χ2v) is 7.66. The van der Waals surface area contributed by atoms with E-state index >= 15 is 0 Å². The number of carbonyl (C=O) groups excluding carboxylic acids is 2. The molecule has 0 unspecified atom stereocenters. The summed E-state index contributed by atoms with van der Waals surface area (Å²) in [5.41, 5.74) is -0.466. The van der Waals surface area contributed by atoms with Gasteiger partial charge in [-0.2, -0.15) is 5.26 Å². The summed E-state index contributed by atoms with van der Waals surface area (Å²) < 4.78 is 18.7. The first kappa shape index (κ1) is 18.1. The van der Waals surface area contributed by atoms with Crippen LogP contribution >= 0.6 is 0 Å². The fourth-order valence-corrected chi connectivity index (χ4v) is 4.59. The van der Waals surface area contributed by atoms with Gasteiger partial charge in [-0.05, 0) is 45.4 Å². The Morgan fingerprint density at radius 3 is 2.48 bits per heavy atom. The lowest BCUT2D eigenvalue weighted by atomic mass is 9.57. The lowest BCUT2D eigenvalue weighted by Gasteiger charge is -2.52. The smallest absolute Gasteiger partial charge is 0.312 e. The van der Waals surface area contributed by atoms with Crippen LogP contribution in [0, 0.1) is 16.7 Å². The maximum Gasteiger partial charge on any atom is 0.312 e. The molecule has 0 aromatic heterocycles. The Hall–Kier alpha value is -1.68. The normalized spacial score (nSPS) is 36.9. The summed E-state index contributed by atoms with van der Waals surface area (Å²) in [6.07, 6.45) is 3.86. The molecule has 138 valence electrons. The molecule has 1 saturated heterocycles. The Morgan fingerprint density at radius 1 is 1.28 bits per heavy atom. The first-order valence-corrected chi connectivity index (χ1v) is 9.19. The van der Waals surface area contributed by atoms with Crippen molar-refractivity contribution in [1.29, 1.82) is 5.26 Å². The summed E-state index contributed by atoms with van der Waals surface area (Å²) in [6, 6.07) is 1.35. The number of alkyl halides is 1. The molecule has 4 rings (SSSR count). The molecule has 1 heterocycles. The molecule has 0 aromatic rings. The number of ether oxygens (including phenoxy) is 1. The van der Waals surface area contributed by atoms with E-state index < -0.39 is 12.2 Å². The Kier molecular flexibility index (Phi) is 5.01. The van der Waals surface area contributed by atoms with E-state index in [1.54, 1.807) is 0 Å². The number of nitrogens with one attached hydrogen (secondary N) is 1. The van der Waals surface area contributed by atoms with Crippen molar-refractivity contribution in [3.63, 3.8) is 0 Å². The summed E-state index contributed by atoms with van der Waals surface area (Å²) in [4.78, 5) is 26.0. The molecule has 0 spiro atoms. The van der Waals surface area contributed by atoms with Crippen molar-refractivity contribution in [2.24, 2.45) is 5.41 Å². The Bertz CT molecular complexity index is 564. The van der Waals surface area contributed by atoms with E-state index in [2.05, 4.69) is 5.32 Å². The molecule has 4 fully saturated rings. The van der Waals surface area contributed by atoms with Gasteiger partial charge in [0.15, 0.2) is 0 Å². The van der Waals surface area contributed by atoms with Crippen LogP contribution in [-0.2, 0) is 14.3 Å². The number of nitrogens with zero attached hydrogens (tertiary/aromatic N) is 2. The zero-order valence-electron chi connectivity index (χ0n) is 14.7. The minimum Gasteiger partial charge on any atom is -0.466 e. The summed E-state index contributed by atoms with van der Waals surface area (Å²) in [7, 11) is 0. The number of halogens is 1. The van der Waals surface area contributed by atoms with Gasteiger partial charge in [-0.15, -0.1) is 0 Å². The monoisotopic (exact) mass is 351 g/mol. The van der Waals surface area contributed by atoms with Crippen molar-refractivity contribution in [2.45, 2.75) is 69.6 Å². The Morgan fingerprint density at radius 2 is 1.92 bits per heavy atom. The minimum atomic E-state index is -1.11. The van der Waals surface area contributed by atoms with Gasteiger partial charge in [0.25, 0.3) is 0 Å². The molecule has 1 N–H and O–H groups in total. The van der Waals surface area contributed by atoms with Crippen LogP contribution in [0.2, 0.25) is 0 Å². The topological polar surface area (TPSA) is 82.4 Å². The van der Waals surface area contributed by atoms with Crippen LogP contribution in [0.4, 0.5) is 4.39 Å². The third kappa shape index (κ3) is 3.37. The number of hydrogen-bond acceptors (Lipinski definition) is 5. The number of likely N-dealkylation sites (tertiary alicyclic amines) is 1. The molecule has 3 saturated carbocycles. The molecule has 3 aliphatic carbocycles. The molecular formula is C18H26FN3O3. The highest BCUT2D eigenvalue weighted by Crippen LogP contribution is 2.52. The first-order valence-electron chi connectivity index (χ1n) is 9.19. The van der Waals surface area contributed by atoms with Crippen molar-refractivity contribution in [3.8, 4) is 6.07 Å². The summed E-state index contributed by atoms with van der Waals surface area (Å²) in [5, 5.41) is 12.4. The van der Waals surface area contributed by atoms with Crippen LogP contribution in [0.5, 0.6) is 0 Å². The maximum absolute atomic E-state index is 13.5. The predicted molar refractivity (Wildman–Crippen MR) is 88.1 cm³/mol. The lowest BCUT2D eigenvalue weighted by molar-refractivity contribution is -0.163. The average Bonchev–Trinajstić information content (AvgIpc) is 3.02. The zero-order valence-corrected chi connectivity index (χ0v) is 14.7. The number of nitriles is 1. The van der Waals surface area contributed by atoms with Crippen molar-refractivity contribution >= 4 is 11.9 Å². The zero-order chi connectivity index (χ0) is 18.1. The molecule has 25 heavy (non-hydrogen) atoms. The maximum atomic E-state index is 13.5. The van der Waals surface area contributed by atoms with Crippen LogP contribution < -0.4 is 5.32 Å². The number of fused-ring (bicyclic) bond motifs is 3. The first-order chi connectivity index (χ1) is 11.9. The molecule has 2 bridgehead atoms. The number of carbonyl (C=O) groups is 2. The molecule has 6 nitrogen and oxygen atoms in total. The van der Waals surface area contributed by atoms with E-state index in [1.165, 1.54) is 4.90 Å². The lowest BCUT2D eigenvalue weighted by Crippen LogP contribution is -2.58. The molecular weight excluding hydrogens is 325 g/mol. The SMILES string of the molecule is CCOC(=O)C12CCC(NCC(=O)N3C[C@@H](F)C[C@H]3C#N)(CC1)CC2. The largest absolute Gasteiger partial charge is 0.466 e.